The van der Waals surface area contributed by atoms with Gasteiger partial charge in [0.15, 0.2) is 0 Å². The van der Waals surface area contributed by atoms with Crippen molar-refractivity contribution in [2.24, 2.45) is 0 Å². The molecule has 2 heterocycles. The highest BCUT2D eigenvalue weighted by molar-refractivity contribution is 6.04. The van der Waals surface area contributed by atoms with Gasteiger partial charge in [0.25, 0.3) is 11.8 Å². The van der Waals surface area contributed by atoms with Gasteiger partial charge in [0.2, 0.25) is 0 Å². The molecule has 0 unspecified atom stereocenters. The van der Waals surface area contributed by atoms with Crippen LogP contribution in [0.4, 0.5) is 11.5 Å². The Morgan fingerprint density at radius 2 is 1.72 bits per heavy atom. The second kappa shape index (κ2) is 9.09. The summed E-state index contributed by atoms with van der Waals surface area (Å²) in [5.41, 5.74) is 2.24. The molecule has 0 saturated carbocycles. The van der Waals surface area contributed by atoms with E-state index in [0.717, 1.165) is 10.9 Å². The van der Waals surface area contributed by atoms with Crippen LogP contribution in [-0.4, -0.2) is 21.8 Å². The van der Waals surface area contributed by atoms with Crippen molar-refractivity contribution in [2.75, 3.05) is 10.6 Å². The van der Waals surface area contributed by atoms with Crippen LogP contribution in [-0.2, 0) is 4.79 Å². The molecule has 158 valence electrons. The van der Waals surface area contributed by atoms with Crippen LogP contribution in [0.3, 0.4) is 0 Å². The molecule has 2 aromatic heterocycles. The molecule has 2 N–H and O–H groups in total. The fourth-order valence-electron chi connectivity index (χ4n) is 2.95. The van der Waals surface area contributed by atoms with Crippen molar-refractivity contribution in [2.45, 2.75) is 6.92 Å². The van der Waals surface area contributed by atoms with Crippen LogP contribution >= 0.6 is 0 Å². The van der Waals surface area contributed by atoms with E-state index in [1.165, 1.54) is 0 Å². The summed E-state index contributed by atoms with van der Waals surface area (Å²) in [4.78, 5) is 32.8. The highest BCUT2D eigenvalue weighted by Gasteiger charge is 2.10. The standard InChI is InChI=1S/C25H20N4O3/c1-16(2)24(30)28-18-8-11-21-20(15-18)22(12-14-26-21)32-19-9-6-17(7-10-19)25(31)29-23-5-3-4-13-27-23/h3-15H,1H2,2H3,(H,28,30)(H,27,29,31). The van der Waals surface area contributed by atoms with Crippen molar-refractivity contribution in [3.05, 3.63) is 96.8 Å². The smallest absolute Gasteiger partial charge is 0.256 e. The third-order valence-electron chi connectivity index (χ3n) is 4.60. The van der Waals surface area contributed by atoms with Crippen LogP contribution in [0.5, 0.6) is 11.5 Å². The Hall–Kier alpha value is -4.52. The van der Waals surface area contributed by atoms with Gasteiger partial charge in [-0.15, -0.1) is 0 Å². The normalized spacial score (nSPS) is 10.4. The van der Waals surface area contributed by atoms with Crippen molar-refractivity contribution in [3.8, 4) is 11.5 Å². The number of fused-ring (bicyclic) bond motifs is 1. The van der Waals surface area contributed by atoms with Crippen LogP contribution < -0.4 is 15.4 Å². The van der Waals surface area contributed by atoms with Crippen molar-refractivity contribution < 1.29 is 14.3 Å². The van der Waals surface area contributed by atoms with Gasteiger partial charge in [-0.2, -0.15) is 0 Å². The average molecular weight is 424 g/mol. The number of hydrogen-bond donors (Lipinski definition) is 2. The number of pyridine rings is 2. The first-order valence-electron chi connectivity index (χ1n) is 9.85. The SMILES string of the molecule is C=C(C)C(=O)Nc1ccc2nccc(Oc3ccc(C(=O)Nc4ccccn4)cc3)c2c1. The Morgan fingerprint density at radius 1 is 0.906 bits per heavy atom. The number of aromatic nitrogens is 2. The zero-order valence-corrected chi connectivity index (χ0v) is 17.3. The number of benzene rings is 2. The number of carbonyl (C=O) groups excluding carboxylic acids is 2. The fourth-order valence-corrected chi connectivity index (χ4v) is 2.95. The van der Waals surface area contributed by atoms with E-state index in [1.807, 2.05) is 0 Å². The largest absolute Gasteiger partial charge is 0.457 e. The van der Waals surface area contributed by atoms with Gasteiger partial charge in [-0.05, 0) is 67.6 Å². The van der Waals surface area contributed by atoms with Gasteiger partial charge >= 0.3 is 0 Å². The van der Waals surface area contributed by atoms with E-state index in [1.54, 1.807) is 86.0 Å². The molecule has 0 bridgehead atoms. The molecule has 7 nitrogen and oxygen atoms in total. The first-order chi connectivity index (χ1) is 15.5. The Balaban J connectivity index is 1.53. The van der Waals surface area contributed by atoms with Crippen LogP contribution in [0.25, 0.3) is 10.9 Å². The molecule has 0 aliphatic rings. The lowest BCUT2D eigenvalue weighted by Crippen LogP contribution is -2.12. The Labute approximate surface area is 184 Å². The van der Waals surface area contributed by atoms with Gasteiger partial charge in [0.05, 0.1) is 5.52 Å². The molecule has 0 saturated heterocycles. The monoisotopic (exact) mass is 424 g/mol. The molecule has 0 aliphatic carbocycles. The zero-order chi connectivity index (χ0) is 22.5. The van der Waals surface area contributed by atoms with E-state index >= 15 is 0 Å². The number of rotatable bonds is 6. The van der Waals surface area contributed by atoms with Crippen molar-refractivity contribution in [1.82, 2.24) is 9.97 Å². The summed E-state index contributed by atoms with van der Waals surface area (Å²) in [5.74, 6) is 1.10. The number of nitrogens with one attached hydrogen (secondary N) is 2. The molecule has 0 radical (unpaired) electrons. The summed E-state index contributed by atoms with van der Waals surface area (Å²) in [6, 6.07) is 19.2. The molecule has 32 heavy (non-hydrogen) atoms. The second-order valence-electron chi connectivity index (χ2n) is 7.07. The number of nitrogens with zero attached hydrogens (tertiary/aromatic N) is 2. The van der Waals surface area contributed by atoms with Gasteiger partial charge in [0.1, 0.15) is 17.3 Å². The summed E-state index contributed by atoms with van der Waals surface area (Å²) in [6.07, 6.45) is 3.26. The summed E-state index contributed by atoms with van der Waals surface area (Å²) in [6.45, 7) is 5.29. The van der Waals surface area contributed by atoms with Crippen LogP contribution in [0.1, 0.15) is 17.3 Å². The lowest BCUT2D eigenvalue weighted by molar-refractivity contribution is -0.112. The second-order valence-corrected chi connectivity index (χ2v) is 7.07. The predicted molar refractivity (Wildman–Crippen MR) is 124 cm³/mol. The van der Waals surface area contributed by atoms with Crippen LogP contribution in [0, 0.1) is 0 Å². The highest BCUT2D eigenvalue weighted by Crippen LogP contribution is 2.31. The maximum absolute atomic E-state index is 12.4. The third-order valence-corrected chi connectivity index (χ3v) is 4.60. The van der Waals surface area contributed by atoms with Gasteiger partial charge in [0, 0.05) is 34.6 Å². The summed E-state index contributed by atoms with van der Waals surface area (Å²) >= 11 is 0. The lowest BCUT2D eigenvalue weighted by atomic mass is 10.1. The van der Waals surface area contributed by atoms with Crippen molar-refractivity contribution in [3.63, 3.8) is 0 Å². The number of amides is 2. The molecule has 0 aliphatic heterocycles. The van der Waals surface area contributed by atoms with E-state index in [2.05, 4.69) is 27.2 Å². The molecular formula is C25H20N4O3. The first kappa shape index (κ1) is 20.7. The molecule has 7 heteroatoms. The summed E-state index contributed by atoms with van der Waals surface area (Å²) in [7, 11) is 0. The van der Waals surface area contributed by atoms with E-state index in [0.29, 0.717) is 34.1 Å². The minimum Gasteiger partial charge on any atom is -0.457 e. The topological polar surface area (TPSA) is 93.2 Å². The average Bonchev–Trinajstić information content (AvgIpc) is 2.80. The maximum atomic E-state index is 12.4. The molecule has 4 aromatic rings. The summed E-state index contributed by atoms with van der Waals surface area (Å²) in [5, 5.41) is 6.27. The van der Waals surface area contributed by atoms with E-state index in [9.17, 15) is 9.59 Å². The molecule has 2 amide bonds. The van der Waals surface area contributed by atoms with E-state index < -0.39 is 0 Å². The number of ether oxygens (including phenoxy) is 1. The molecular weight excluding hydrogens is 404 g/mol. The molecule has 0 atom stereocenters. The quantitative estimate of drug-likeness (QED) is 0.416. The molecule has 2 aromatic carbocycles. The number of hydrogen-bond acceptors (Lipinski definition) is 5. The minimum absolute atomic E-state index is 0.254. The molecule has 0 fully saturated rings. The highest BCUT2D eigenvalue weighted by atomic mass is 16.5. The minimum atomic E-state index is -0.262. The Morgan fingerprint density at radius 3 is 2.44 bits per heavy atom. The van der Waals surface area contributed by atoms with Gasteiger partial charge in [-0.3, -0.25) is 14.6 Å². The number of anilines is 2. The Kier molecular flexibility index (Phi) is 5.89. The summed E-state index contributed by atoms with van der Waals surface area (Å²) < 4.78 is 6.04. The van der Waals surface area contributed by atoms with Crippen LogP contribution in [0.2, 0.25) is 0 Å². The van der Waals surface area contributed by atoms with Crippen molar-refractivity contribution in [1.29, 1.82) is 0 Å². The fraction of sp³-hybridized carbons (Fsp3) is 0.0400. The lowest BCUT2D eigenvalue weighted by Gasteiger charge is -2.11. The maximum Gasteiger partial charge on any atom is 0.256 e. The van der Waals surface area contributed by atoms with E-state index in [4.69, 9.17) is 4.74 Å². The third kappa shape index (κ3) is 4.79. The van der Waals surface area contributed by atoms with Crippen LogP contribution in [0.15, 0.2) is 91.3 Å². The Bertz CT molecular complexity index is 1300. The van der Waals surface area contributed by atoms with E-state index in [-0.39, 0.29) is 11.8 Å². The first-order valence-corrected chi connectivity index (χ1v) is 9.85. The zero-order valence-electron chi connectivity index (χ0n) is 17.3. The number of carbonyl (C=O) groups is 2. The predicted octanol–water partition coefficient (Wildman–Crippen LogP) is 5.19. The molecule has 4 rings (SSSR count). The van der Waals surface area contributed by atoms with Crippen molar-refractivity contribution >= 4 is 34.2 Å². The van der Waals surface area contributed by atoms with Gasteiger partial charge < -0.3 is 15.4 Å². The van der Waals surface area contributed by atoms with Gasteiger partial charge in [-0.1, -0.05) is 12.6 Å². The van der Waals surface area contributed by atoms with Gasteiger partial charge in [-0.25, -0.2) is 4.98 Å². The molecule has 0 spiro atoms.